The molecule has 0 atom stereocenters. The number of nitrogens with one attached hydrogen (secondary N) is 1. The smallest absolute Gasteiger partial charge is 0.323 e. The molecule has 1 heterocycles. The first kappa shape index (κ1) is 7.46. The van der Waals surface area contributed by atoms with Crippen LogP contribution in [-0.2, 0) is 11.3 Å². The summed E-state index contributed by atoms with van der Waals surface area (Å²) in [6.45, 7) is -0.216. The number of rotatable bonds is 2. The highest BCUT2D eigenvalue weighted by atomic mass is 16.4. The van der Waals surface area contributed by atoms with Crippen molar-refractivity contribution in [3.63, 3.8) is 0 Å². The second-order valence-corrected chi connectivity index (χ2v) is 1.99. The predicted molar refractivity (Wildman–Crippen MR) is 35.7 cm³/mol. The van der Waals surface area contributed by atoms with Crippen molar-refractivity contribution in [2.45, 2.75) is 6.54 Å². The van der Waals surface area contributed by atoms with E-state index in [1.165, 1.54) is 23.2 Å². The Bertz CT molecular complexity index is 318. The van der Waals surface area contributed by atoms with Crippen molar-refractivity contribution in [2.75, 3.05) is 0 Å². The summed E-state index contributed by atoms with van der Waals surface area (Å²) < 4.78 is 1.24. The Labute approximate surface area is 62.5 Å². The van der Waals surface area contributed by atoms with Crippen LogP contribution in [-0.4, -0.2) is 20.6 Å². The first-order chi connectivity index (χ1) is 5.20. The fraction of sp³-hybridized carbons (Fsp3) is 0.167. The fourth-order valence-electron chi connectivity index (χ4n) is 0.662. The molecule has 2 N–H and O–H groups in total. The quantitative estimate of drug-likeness (QED) is 0.598. The Balaban J connectivity index is 2.95. The van der Waals surface area contributed by atoms with Gasteiger partial charge in [-0.05, 0) is 6.07 Å². The van der Waals surface area contributed by atoms with Crippen LogP contribution in [0.4, 0.5) is 0 Å². The molecule has 0 aliphatic heterocycles. The third kappa shape index (κ3) is 1.89. The Kier molecular flexibility index (Phi) is 2.00. The van der Waals surface area contributed by atoms with Gasteiger partial charge in [-0.2, -0.15) is 0 Å². The van der Waals surface area contributed by atoms with Crippen LogP contribution in [0, 0.1) is 5.41 Å². The van der Waals surface area contributed by atoms with E-state index in [4.69, 9.17) is 10.5 Å². The van der Waals surface area contributed by atoms with Crippen molar-refractivity contribution in [1.29, 1.82) is 5.41 Å². The molecule has 0 radical (unpaired) electrons. The zero-order valence-electron chi connectivity index (χ0n) is 5.69. The monoisotopic (exact) mass is 153 g/mol. The van der Waals surface area contributed by atoms with Crippen molar-refractivity contribution >= 4 is 5.97 Å². The molecule has 0 aromatic carbocycles. The Hall–Kier alpha value is -1.65. The average molecular weight is 153 g/mol. The first-order valence-corrected chi connectivity index (χ1v) is 2.97. The van der Waals surface area contributed by atoms with Crippen molar-refractivity contribution in [1.82, 2.24) is 9.55 Å². The minimum atomic E-state index is -0.975. The second-order valence-electron chi connectivity index (χ2n) is 1.99. The zero-order valence-corrected chi connectivity index (χ0v) is 5.69. The summed E-state index contributed by atoms with van der Waals surface area (Å²) in [5.41, 5.74) is 0.141. The Morgan fingerprint density at radius 2 is 2.55 bits per heavy atom. The van der Waals surface area contributed by atoms with E-state index in [0.717, 1.165) is 0 Å². The fourth-order valence-corrected chi connectivity index (χ4v) is 0.662. The molecule has 11 heavy (non-hydrogen) atoms. The maximum Gasteiger partial charge on any atom is 0.323 e. The summed E-state index contributed by atoms with van der Waals surface area (Å²) >= 11 is 0. The molecule has 1 aromatic heterocycles. The molecule has 0 fully saturated rings. The van der Waals surface area contributed by atoms with Gasteiger partial charge in [0, 0.05) is 6.20 Å². The van der Waals surface area contributed by atoms with Crippen LogP contribution in [0.25, 0.3) is 0 Å². The Morgan fingerprint density at radius 1 is 1.82 bits per heavy atom. The van der Waals surface area contributed by atoms with E-state index in [9.17, 15) is 4.79 Å². The molecule has 5 nitrogen and oxygen atoms in total. The third-order valence-corrected chi connectivity index (χ3v) is 1.14. The molecule has 0 spiro atoms. The van der Waals surface area contributed by atoms with Crippen molar-refractivity contribution in [3.8, 4) is 0 Å². The number of nitrogens with zero attached hydrogens (tertiary/aromatic N) is 2. The van der Waals surface area contributed by atoms with E-state index < -0.39 is 5.97 Å². The molecule has 0 saturated carbocycles. The van der Waals surface area contributed by atoms with E-state index in [1.807, 2.05) is 0 Å². The normalized spacial score (nSPS) is 9.45. The van der Waals surface area contributed by atoms with Crippen LogP contribution in [0.3, 0.4) is 0 Å². The summed E-state index contributed by atoms with van der Waals surface area (Å²) in [5.74, 6) is -0.975. The number of hydrogen-bond acceptors (Lipinski definition) is 3. The highest BCUT2D eigenvalue weighted by Gasteiger charge is 1.97. The Morgan fingerprint density at radius 3 is 3.09 bits per heavy atom. The minimum Gasteiger partial charge on any atom is -0.480 e. The van der Waals surface area contributed by atoms with E-state index in [-0.39, 0.29) is 12.0 Å². The van der Waals surface area contributed by atoms with Gasteiger partial charge in [0.05, 0.1) is 6.33 Å². The van der Waals surface area contributed by atoms with Crippen LogP contribution in [0.5, 0.6) is 0 Å². The van der Waals surface area contributed by atoms with Gasteiger partial charge in [0.25, 0.3) is 0 Å². The van der Waals surface area contributed by atoms with Gasteiger partial charge in [-0.1, -0.05) is 0 Å². The number of aromatic nitrogens is 2. The largest absolute Gasteiger partial charge is 0.480 e. The molecular formula is C6H7N3O2. The lowest BCUT2D eigenvalue weighted by Gasteiger charge is -1.99. The first-order valence-electron chi connectivity index (χ1n) is 2.97. The van der Waals surface area contributed by atoms with E-state index in [0.29, 0.717) is 0 Å². The van der Waals surface area contributed by atoms with Crippen molar-refractivity contribution in [3.05, 3.63) is 24.1 Å². The molecule has 0 bridgehead atoms. The minimum absolute atomic E-state index is 0.141. The van der Waals surface area contributed by atoms with Crippen molar-refractivity contribution < 1.29 is 9.90 Å². The molecular weight excluding hydrogens is 146 g/mol. The topological polar surface area (TPSA) is 79.0 Å². The van der Waals surface area contributed by atoms with Crippen LogP contribution >= 0.6 is 0 Å². The van der Waals surface area contributed by atoms with E-state index in [2.05, 4.69) is 4.98 Å². The molecule has 1 rings (SSSR count). The third-order valence-electron chi connectivity index (χ3n) is 1.14. The maximum atomic E-state index is 10.2. The van der Waals surface area contributed by atoms with Gasteiger partial charge < -0.3 is 9.67 Å². The predicted octanol–water partition coefficient (Wildman–Crippen LogP) is -0.553. The van der Waals surface area contributed by atoms with Gasteiger partial charge in [0.1, 0.15) is 12.0 Å². The van der Waals surface area contributed by atoms with E-state index >= 15 is 0 Å². The summed E-state index contributed by atoms with van der Waals surface area (Å²) in [4.78, 5) is 13.9. The molecule has 0 aliphatic carbocycles. The summed E-state index contributed by atoms with van der Waals surface area (Å²) in [7, 11) is 0. The SMILES string of the molecule is N=c1ccncn1CC(=O)O. The number of hydrogen-bond donors (Lipinski definition) is 2. The van der Waals surface area contributed by atoms with Gasteiger partial charge in [-0.15, -0.1) is 0 Å². The van der Waals surface area contributed by atoms with Gasteiger partial charge >= 0.3 is 5.97 Å². The highest BCUT2D eigenvalue weighted by Crippen LogP contribution is 1.76. The standard InChI is InChI=1S/C6H7N3O2/c7-5-1-2-8-4-9(5)3-6(10)11/h1-2,4,7H,3H2,(H,10,11). The van der Waals surface area contributed by atoms with Crippen LogP contribution < -0.4 is 5.49 Å². The van der Waals surface area contributed by atoms with Crippen molar-refractivity contribution in [2.24, 2.45) is 0 Å². The van der Waals surface area contributed by atoms with Gasteiger partial charge in [0.15, 0.2) is 0 Å². The average Bonchev–Trinajstić information content (AvgIpc) is 1.93. The van der Waals surface area contributed by atoms with Gasteiger partial charge in [-0.3, -0.25) is 10.2 Å². The van der Waals surface area contributed by atoms with E-state index in [1.54, 1.807) is 0 Å². The highest BCUT2D eigenvalue weighted by molar-refractivity contribution is 5.66. The number of carboxylic acid groups (broad SMARTS) is 1. The number of carbonyl (C=O) groups is 1. The molecule has 5 heteroatoms. The lowest BCUT2D eigenvalue weighted by atomic mass is 10.5. The van der Waals surface area contributed by atoms with Gasteiger partial charge in [0.2, 0.25) is 0 Å². The summed E-state index contributed by atoms with van der Waals surface area (Å²) in [5, 5.41) is 15.6. The number of carboxylic acids is 1. The maximum absolute atomic E-state index is 10.2. The number of aliphatic carboxylic acids is 1. The van der Waals surface area contributed by atoms with Crippen LogP contribution in [0.1, 0.15) is 0 Å². The summed E-state index contributed by atoms with van der Waals surface area (Å²) in [6.07, 6.45) is 2.76. The lowest BCUT2D eigenvalue weighted by Crippen LogP contribution is -2.23. The molecule has 0 aliphatic rings. The lowest BCUT2D eigenvalue weighted by molar-refractivity contribution is -0.137. The second kappa shape index (κ2) is 2.96. The van der Waals surface area contributed by atoms with Gasteiger partial charge in [-0.25, -0.2) is 4.98 Å². The molecule has 58 valence electrons. The molecule has 1 aromatic rings. The molecule has 0 saturated heterocycles. The molecule has 0 amide bonds. The van der Waals surface area contributed by atoms with Crippen LogP contribution in [0.15, 0.2) is 18.6 Å². The molecule has 0 unspecified atom stereocenters. The zero-order chi connectivity index (χ0) is 8.27. The van der Waals surface area contributed by atoms with Crippen LogP contribution in [0.2, 0.25) is 0 Å². The summed E-state index contributed by atoms with van der Waals surface area (Å²) in [6, 6.07) is 1.43.